The number of likely N-dealkylation sites (tertiary alicyclic amines) is 1. The van der Waals surface area contributed by atoms with E-state index in [1.807, 2.05) is 7.05 Å². The van der Waals surface area contributed by atoms with E-state index in [-0.39, 0.29) is 22.7 Å². The van der Waals surface area contributed by atoms with Crippen LogP contribution >= 0.6 is 0 Å². The summed E-state index contributed by atoms with van der Waals surface area (Å²) in [6.45, 7) is 5.72. The van der Waals surface area contributed by atoms with E-state index in [0.717, 1.165) is 31.4 Å². The van der Waals surface area contributed by atoms with E-state index in [0.29, 0.717) is 43.7 Å². The number of ketones is 1. The molecule has 4 fully saturated rings. The summed E-state index contributed by atoms with van der Waals surface area (Å²) in [4.78, 5) is 27.5. The van der Waals surface area contributed by atoms with E-state index in [1.165, 1.54) is 0 Å². The van der Waals surface area contributed by atoms with Crippen LogP contribution in [-0.2, 0) is 19.1 Å². The molecule has 2 heterocycles. The fourth-order valence-corrected chi connectivity index (χ4v) is 7.30. The number of hydrogen-bond acceptors (Lipinski definition) is 4. The largest absolute Gasteiger partial charge is 0.347 e. The number of nitrogens with zero attached hydrogens (tertiary/aromatic N) is 1. The second-order valence-corrected chi connectivity index (χ2v) is 9.49. The SMILES string of the molecule is CN1C(=O)CCC2(C)C1=CCC1C2C(=O)CC2(C)C1CCC21OCCO1. The highest BCUT2D eigenvalue weighted by Crippen LogP contribution is 2.67. The van der Waals surface area contributed by atoms with E-state index >= 15 is 0 Å². The summed E-state index contributed by atoms with van der Waals surface area (Å²) < 4.78 is 12.2. The highest BCUT2D eigenvalue weighted by molar-refractivity contribution is 5.87. The number of allylic oxidation sites excluding steroid dienone is 2. The summed E-state index contributed by atoms with van der Waals surface area (Å²) in [5.41, 5.74) is 0.643. The maximum atomic E-state index is 13.5. The van der Waals surface area contributed by atoms with Crippen molar-refractivity contribution in [2.75, 3.05) is 20.3 Å². The minimum Gasteiger partial charge on any atom is -0.347 e. The average Bonchev–Trinajstić information content (AvgIpc) is 3.18. The third kappa shape index (κ3) is 1.84. The lowest BCUT2D eigenvalue weighted by molar-refractivity contribution is -0.238. The van der Waals surface area contributed by atoms with Gasteiger partial charge in [-0.3, -0.25) is 9.59 Å². The number of ether oxygens (including phenoxy) is 2. The van der Waals surface area contributed by atoms with Gasteiger partial charge in [0.2, 0.25) is 5.91 Å². The molecule has 5 heteroatoms. The van der Waals surface area contributed by atoms with Gasteiger partial charge in [0.25, 0.3) is 0 Å². The Hall–Kier alpha value is -1.20. The number of hydrogen-bond donors (Lipinski definition) is 0. The van der Waals surface area contributed by atoms with Crippen molar-refractivity contribution >= 4 is 11.7 Å². The van der Waals surface area contributed by atoms with Crippen LogP contribution in [-0.4, -0.2) is 42.6 Å². The summed E-state index contributed by atoms with van der Waals surface area (Å²) in [7, 11) is 1.87. The molecule has 1 spiro atoms. The van der Waals surface area contributed by atoms with Crippen LogP contribution < -0.4 is 0 Å². The predicted octanol–water partition coefficient (Wildman–Crippen LogP) is 2.90. The molecule has 2 aliphatic heterocycles. The Bertz CT molecular complexity index is 709. The van der Waals surface area contributed by atoms with Gasteiger partial charge in [-0.2, -0.15) is 0 Å². The van der Waals surface area contributed by atoms with Gasteiger partial charge in [0, 0.05) is 48.8 Å². The molecule has 26 heavy (non-hydrogen) atoms. The van der Waals surface area contributed by atoms with Crippen LogP contribution in [0.15, 0.2) is 11.8 Å². The molecule has 5 rings (SSSR count). The van der Waals surface area contributed by atoms with Crippen molar-refractivity contribution in [1.29, 1.82) is 0 Å². The molecule has 5 unspecified atom stereocenters. The van der Waals surface area contributed by atoms with Crippen LogP contribution in [0, 0.1) is 28.6 Å². The molecule has 5 atom stereocenters. The number of amides is 1. The van der Waals surface area contributed by atoms with E-state index in [1.54, 1.807) is 4.90 Å². The van der Waals surface area contributed by atoms with Crippen molar-refractivity contribution in [3.05, 3.63) is 11.8 Å². The first kappa shape index (κ1) is 16.9. The third-order valence-electron chi connectivity index (χ3n) is 8.51. The number of Topliss-reactive ketones (excluding diaryl/α,β-unsaturated/α-hetero) is 1. The molecule has 5 aliphatic rings. The van der Waals surface area contributed by atoms with Crippen molar-refractivity contribution in [3.63, 3.8) is 0 Å². The minimum absolute atomic E-state index is 0.0210. The van der Waals surface area contributed by atoms with Gasteiger partial charge in [0.15, 0.2) is 5.79 Å². The van der Waals surface area contributed by atoms with Crippen molar-refractivity contribution < 1.29 is 19.1 Å². The lowest BCUT2D eigenvalue weighted by Crippen LogP contribution is -2.60. The standard InChI is InChI=1S/C21H29NO4/c1-19-8-7-17(24)22(3)16(19)5-4-13-14-6-9-21(25-10-11-26-21)20(14,2)12-15(23)18(13)19/h5,13-14,18H,4,6-12H2,1-3H3. The summed E-state index contributed by atoms with van der Waals surface area (Å²) in [5.74, 6) is 0.776. The van der Waals surface area contributed by atoms with Crippen LogP contribution in [0.25, 0.3) is 0 Å². The zero-order valence-electron chi connectivity index (χ0n) is 16.0. The predicted molar refractivity (Wildman–Crippen MR) is 94.9 cm³/mol. The highest BCUT2D eigenvalue weighted by Gasteiger charge is 2.69. The summed E-state index contributed by atoms with van der Waals surface area (Å²) in [6.07, 6.45) is 6.97. The Kier molecular flexibility index (Phi) is 3.38. The molecule has 0 aromatic rings. The summed E-state index contributed by atoms with van der Waals surface area (Å²) >= 11 is 0. The molecule has 2 saturated carbocycles. The van der Waals surface area contributed by atoms with E-state index < -0.39 is 5.79 Å². The Morgan fingerprint density at radius 2 is 1.88 bits per heavy atom. The molecule has 0 aromatic heterocycles. The minimum atomic E-state index is -0.553. The Labute approximate surface area is 155 Å². The normalized spacial score (nSPS) is 46.8. The van der Waals surface area contributed by atoms with Gasteiger partial charge in [-0.15, -0.1) is 0 Å². The first-order valence-electron chi connectivity index (χ1n) is 10.1. The molecule has 0 aromatic carbocycles. The van der Waals surface area contributed by atoms with Crippen LogP contribution in [0.1, 0.15) is 52.4 Å². The van der Waals surface area contributed by atoms with Gasteiger partial charge in [-0.05, 0) is 31.1 Å². The second-order valence-electron chi connectivity index (χ2n) is 9.49. The van der Waals surface area contributed by atoms with Crippen molar-refractivity contribution in [2.45, 2.75) is 58.2 Å². The molecular weight excluding hydrogens is 330 g/mol. The fraction of sp³-hybridized carbons (Fsp3) is 0.810. The maximum Gasteiger partial charge on any atom is 0.226 e. The fourth-order valence-electron chi connectivity index (χ4n) is 7.30. The Morgan fingerprint density at radius 1 is 1.15 bits per heavy atom. The molecule has 142 valence electrons. The average molecular weight is 359 g/mol. The molecule has 2 saturated heterocycles. The first-order chi connectivity index (χ1) is 12.3. The summed E-state index contributed by atoms with van der Waals surface area (Å²) in [5, 5.41) is 0. The lowest BCUT2D eigenvalue weighted by atomic mass is 9.49. The molecular formula is C21H29NO4. The Balaban J connectivity index is 1.57. The van der Waals surface area contributed by atoms with Crippen LogP contribution in [0.2, 0.25) is 0 Å². The van der Waals surface area contributed by atoms with Gasteiger partial charge in [0.05, 0.1) is 13.2 Å². The first-order valence-corrected chi connectivity index (χ1v) is 10.1. The maximum absolute atomic E-state index is 13.5. The number of carbonyl (C=O) groups is 2. The lowest BCUT2D eigenvalue weighted by Gasteiger charge is -2.58. The molecule has 0 bridgehead atoms. The number of carbonyl (C=O) groups excluding carboxylic acids is 2. The van der Waals surface area contributed by atoms with Gasteiger partial charge < -0.3 is 14.4 Å². The molecule has 3 aliphatic carbocycles. The van der Waals surface area contributed by atoms with Crippen molar-refractivity contribution in [2.24, 2.45) is 28.6 Å². The van der Waals surface area contributed by atoms with E-state index in [2.05, 4.69) is 19.9 Å². The van der Waals surface area contributed by atoms with Crippen LogP contribution in [0.4, 0.5) is 0 Å². The van der Waals surface area contributed by atoms with Crippen LogP contribution in [0.3, 0.4) is 0 Å². The highest BCUT2D eigenvalue weighted by atomic mass is 16.7. The second kappa shape index (κ2) is 5.20. The van der Waals surface area contributed by atoms with E-state index in [9.17, 15) is 9.59 Å². The van der Waals surface area contributed by atoms with Crippen molar-refractivity contribution in [1.82, 2.24) is 4.90 Å². The van der Waals surface area contributed by atoms with Gasteiger partial charge in [-0.1, -0.05) is 19.9 Å². The van der Waals surface area contributed by atoms with E-state index in [4.69, 9.17) is 9.47 Å². The third-order valence-corrected chi connectivity index (χ3v) is 8.51. The van der Waals surface area contributed by atoms with Gasteiger partial charge in [0.1, 0.15) is 5.78 Å². The molecule has 0 N–H and O–H groups in total. The zero-order chi connectivity index (χ0) is 18.3. The molecule has 5 nitrogen and oxygen atoms in total. The molecule has 1 amide bonds. The zero-order valence-corrected chi connectivity index (χ0v) is 16.0. The smallest absolute Gasteiger partial charge is 0.226 e. The number of piperidine rings is 1. The quantitative estimate of drug-likeness (QED) is 0.667. The number of fused-ring (bicyclic) bond motifs is 6. The van der Waals surface area contributed by atoms with Gasteiger partial charge in [-0.25, -0.2) is 0 Å². The van der Waals surface area contributed by atoms with Crippen molar-refractivity contribution in [3.8, 4) is 0 Å². The van der Waals surface area contributed by atoms with Crippen LogP contribution in [0.5, 0.6) is 0 Å². The Morgan fingerprint density at radius 3 is 2.62 bits per heavy atom. The summed E-state index contributed by atoms with van der Waals surface area (Å²) in [6, 6.07) is 0. The number of rotatable bonds is 0. The van der Waals surface area contributed by atoms with Gasteiger partial charge >= 0.3 is 0 Å². The topological polar surface area (TPSA) is 55.8 Å². The molecule has 0 radical (unpaired) electrons. The monoisotopic (exact) mass is 359 g/mol.